The second kappa shape index (κ2) is 10.4. The van der Waals surface area contributed by atoms with Crippen LogP contribution in [-0.2, 0) is 6.54 Å². The van der Waals surface area contributed by atoms with Gasteiger partial charge in [0.2, 0.25) is 0 Å². The van der Waals surface area contributed by atoms with Gasteiger partial charge in [-0.1, -0.05) is 54.1 Å². The van der Waals surface area contributed by atoms with Crippen molar-refractivity contribution in [2.75, 3.05) is 15.5 Å². The van der Waals surface area contributed by atoms with Crippen LogP contribution in [0.3, 0.4) is 0 Å². The molecule has 6 rings (SSSR count). The molecule has 190 valence electrons. The van der Waals surface area contributed by atoms with E-state index in [1.54, 1.807) is 53.7 Å². The molecule has 0 saturated heterocycles. The topological polar surface area (TPSA) is 87.2 Å². The van der Waals surface area contributed by atoms with Gasteiger partial charge < -0.3 is 15.5 Å². The molecule has 0 saturated carbocycles. The molecule has 2 aromatic heterocycles. The van der Waals surface area contributed by atoms with Crippen molar-refractivity contribution in [3.63, 3.8) is 0 Å². The maximum atomic E-state index is 13.8. The van der Waals surface area contributed by atoms with Crippen LogP contribution < -0.4 is 15.5 Å². The molecule has 0 aliphatic carbocycles. The van der Waals surface area contributed by atoms with Crippen LogP contribution in [0.5, 0.6) is 0 Å². The monoisotopic (exact) mass is 531 g/mol. The highest BCUT2D eigenvalue weighted by atomic mass is 35.5. The summed E-state index contributed by atoms with van der Waals surface area (Å²) < 4.78 is 0. The van der Waals surface area contributed by atoms with E-state index in [4.69, 9.17) is 11.6 Å². The van der Waals surface area contributed by atoms with E-state index in [0.29, 0.717) is 40.6 Å². The molecule has 2 N–H and O–H groups in total. The lowest BCUT2D eigenvalue weighted by atomic mass is 10.0. The van der Waals surface area contributed by atoms with Gasteiger partial charge >= 0.3 is 0 Å². The van der Waals surface area contributed by atoms with Crippen LogP contribution >= 0.6 is 11.6 Å². The van der Waals surface area contributed by atoms with E-state index in [1.807, 2.05) is 60.7 Å². The average molecular weight is 532 g/mol. The number of rotatable bonds is 4. The Morgan fingerprint density at radius 3 is 2.46 bits per heavy atom. The summed E-state index contributed by atoms with van der Waals surface area (Å²) in [5, 5.41) is 6.45. The summed E-state index contributed by atoms with van der Waals surface area (Å²) in [6.45, 7) is 0.347. The predicted octanol–water partition coefficient (Wildman–Crippen LogP) is 6.95. The highest BCUT2D eigenvalue weighted by Crippen LogP contribution is 2.36. The normalized spacial score (nSPS) is 12.0. The first-order valence-corrected chi connectivity index (χ1v) is 12.7. The first-order valence-electron chi connectivity index (χ1n) is 12.3. The lowest BCUT2D eigenvalue weighted by Crippen LogP contribution is -2.30. The Balaban J connectivity index is 1.28. The predicted molar refractivity (Wildman–Crippen MR) is 154 cm³/mol. The van der Waals surface area contributed by atoms with E-state index in [-0.39, 0.29) is 16.8 Å². The summed E-state index contributed by atoms with van der Waals surface area (Å²) in [6.07, 6.45) is 3.37. The molecule has 5 aromatic rings. The quantitative estimate of drug-likeness (QED) is 0.262. The van der Waals surface area contributed by atoms with Gasteiger partial charge in [-0.25, -0.2) is 4.98 Å². The molecule has 0 bridgehead atoms. The number of para-hydroxylation sites is 1. The van der Waals surface area contributed by atoms with Crippen LogP contribution in [0.25, 0.3) is 11.3 Å². The fourth-order valence-corrected chi connectivity index (χ4v) is 4.85. The largest absolute Gasteiger partial charge is 0.338 e. The summed E-state index contributed by atoms with van der Waals surface area (Å²) in [5.74, 6) is 0.00935. The minimum Gasteiger partial charge on any atom is -0.338 e. The zero-order valence-corrected chi connectivity index (χ0v) is 21.4. The van der Waals surface area contributed by atoms with Crippen molar-refractivity contribution >= 4 is 46.3 Å². The smallest absolute Gasteiger partial charge is 0.260 e. The fraction of sp³-hybridized carbons (Fsp3) is 0.0323. The number of fused-ring (bicyclic) bond motifs is 2. The molecule has 7 nitrogen and oxygen atoms in total. The summed E-state index contributed by atoms with van der Waals surface area (Å²) >= 11 is 6.63. The Hall–Kier alpha value is -5.01. The van der Waals surface area contributed by atoms with E-state index in [2.05, 4.69) is 20.6 Å². The average Bonchev–Trinajstić information content (AvgIpc) is 3.14. The number of aromatic nitrogens is 2. The highest BCUT2D eigenvalue weighted by molar-refractivity contribution is 6.35. The van der Waals surface area contributed by atoms with Gasteiger partial charge in [-0.05, 0) is 60.2 Å². The third-order valence-corrected chi connectivity index (χ3v) is 6.80. The molecule has 39 heavy (non-hydrogen) atoms. The number of benzene rings is 3. The third kappa shape index (κ3) is 4.83. The van der Waals surface area contributed by atoms with Gasteiger partial charge in [0.25, 0.3) is 11.8 Å². The van der Waals surface area contributed by atoms with E-state index < -0.39 is 0 Å². The lowest BCUT2D eigenvalue weighted by Gasteiger charge is -2.23. The third-order valence-electron chi connectivity index (χ3n) is 6.49. The van der Waals surface area contributed by atoms with Crippen molar-refractivity contribution in [2.24, 2.45) is 0 Å². The van der Waals surface area contributed by atoms with Crippen molar-refractivity contribution in [2.45, 2.75) is 6.54 Å². The van der Waals surface area contributed by atoms with Crippen LogP contribution in [-0.4, -0.2) is 21.8 Å². The van der Waals surface area contributed by atoms with Crippen molar-refractivity contribution in [1.82, 2.24) is 9.97 Å². The van der Waals surface area contributed by atoms with E-state index in [1.165, 1.54) is 0 Å². The molecule has 0 radical (unpaired) electrons. The number of pyridine rings is 2. The van der Waals surface area contributed by atoms with Crippen molar-refractivity contribution in [3.05, 3.63) is 131 Å². The Kier molecular flexibility index (Phi) is 6.49. The van der Waals surface area contributed by atoms with Gasteiger partial charge in [-0.2, -0.15) is 0 Å². The number of nitrogens with zero attached hydrogens (tertiary/aromatic N) is 3. The molecule has 0 unspecified atom stereocenters. The molecule has 3 heterocycles. The maximum absolute atomic E-state index is 13.8. The number of anilines is 4. The number of amides is 2. The molecule has 1 aliphatic rings. The molecular formula is C31H22ClN5O2. The summed E-state index contributed by atoms with van der Waals surface area (Å²) in [7, 11) is 0. The lowest BCUT2D eigenvalue weighted by molar-refractivity contribution is 0.0984. The van der Waals surface area contributed by atoms with Crippen LogP contribution in [0.15, 0.2) is 109 Å². The van der Waals surface area contributed by atoms with Gasteiger partial charge in [0.1, 0.15) is 0 Å². The number of carbonyl (C=O) groups is 2. The number of halogens is 1. The zero-order valence-electron chi connectivity index (χ0n) is 20.6. The number of carbonyl (C=O) groups excluding carboxylic acids is 2. The van der Waals surface area contributed by atoms with Gasteiger partial charge in [0.15, 0.2) is 5.82 Å². The second-order valence-electron chi connectivity index (χ2n) is 8.95. The first-order chi connectivity index (χ1) is 19.1. The molecule has 8 heteroatoms. The molecule has 0 fully saturated rings. The van der Waals surface area contributed by atoms with Crippen molar-refractivity contribution in [3.8, 4) is 11.3 Å². The fourth-order valence-electron chi connectivity index (χ4n) is 4.59. The van der Waals surface area contributed by atoms with E-state index in [9.17, 15) is 9.59 Å². The standard InChI is InChI=1S/C31H22ClN5O2/c32-25-18-21(35-30(38)23-10-3-2-9-22(23)27-12-5-6-16-33-27)14-15-24(25)31(39)37-19-20-8-1-4-11-26(20)36-29-28(37)13-7-17-34-29/h1-18H,19H2,(H,34,36)(H,35,38). The van der Waals surface area contributed by atoms with Crippen molar-refractivity contribution in [1.29, 1.82) is 0 Å². The highest BCUT2D eigenvalue weighted by Gasteiger charge is 2.27. The maximum Gasteiger partial charge on any atom is 0.260 e. The Morgan fingerprint density at radius 1 is 0.821 bits per heavy atom. The zero-order chi connectivity index (χ0) is 26.8. The minimum atomic E-state index is -0.304. The Morgan fingerprint density at radius 2 is 1.62 bits per heavy atom. The minimum absolute atomic E-state index is 0.228. The van der Waals surface area contributed by atoms with E-state index >= 15 is 0 Å². The van der Waals surface area contributed by atoms with Gasteiger partial charge in [0, 0.05) is 34.9 Å². The van der Waals surface area contributed by atoms with Crippen LogP contribution in [0, 0.1) is 0 Å². The Labute approximate surface area is 230 Å². The molecule has 3 aromatic carbocycles. The van der Waals surface area contributed by atoms with Crippen molar-refractivity contribution < 1.29 is 9.59 Å². The first kappa shape index (κ1) is 24.3. The summed E-state index contributed by atoms with van der Waals surface area (Å²) in [6, 6.07) is 29.1. The molecule has 0 atom stereocenters. The summed E-state index contributed by atoms with van der Waals surface area (Å²) in [4.78, 5) is 37.5. The van der Waals surface area contributed by atoms with Crippen LogP contribution in [0.4, 0.5) is 22.9 Å². The molecule has 0 spiro atoms. The van der Waals surface area contributed by atoms with Gasteiger partial charge in [-0.15, -0.1) is 0 Å². The molecule has 1 aliphatic heterocycles. The van der Waals surface area contributed by atoms with Crippen LogP contribution in [0.1, 0.15) is 26.3 Å². The van der Waals surface area contributed by atoms with Crippen LogP contribution in [0.2, 0.25) is 5.02 Å². The Bertz CT molecular complexity index is 1710. The second-order valence-corrected chi connectivity index (χ2v) is 9.36. The molecule has 2 amide bonds. The van der Waals surface area contributed by atoms with Gasteiger partial charge in [0.05, 0.1) is 28.5 Å². The number of hydrogen-bond acceptors (Lipinski definition) is 5. The molecular weight excluding hydrogens is 510 g/mol. The SMILES string of the molecule is O=C(Nc1ccc(C(=O)N2Cc3ccccc3Nc3ncccc32)c(Cl)c1)c1ccccc1-c1ccccn1. The van der Waals surface area contributed by atoms with E-state index in [0.717, 1.165) is 16.8 Å². The number of hydrogen-bond donors (Lipinski definition) is 2. The summed E-state index contributed by atoms with van der Waals surface area (Å²) in [5.41, 5.74) is 5.19. The number of nitrogens with one attached hydrogen (secondary N) is 2. The van der Waals surface area contributed by atoms with Gasteiger partial charge in [-0.3, -0.25) is 14.6 Å².